The summed E-state index contributed by atoms with van der Waals surface area (Å²) >= 11 is 7.30. The summed E-state index contributed by atoms with van der Waals surface area (Å²) in [5.41, 5.74) is -0.320. The van der Waals surface area contributed by atoms with Crippen molar-refractivity contribution in [3.8, 4) is 5.75 Å². The number of aliphatic hydroxyl groups is 1. The molecule has 0 saturated carbocycles. The molecule has 1 aromatic carbocycles. The van der Waals surface area contributed by atoms with E-state index >= 15 is 0 Å². The third kappa shape index (κ3) is 4.47. The molecule has 0 fully saturated rings. The SMILES string of the molecule is CC(Oc1ccc(Cl)cc1)C(=O)NCC(C)(O)c1ccsc1. The van der Waals surface area contributed by atoms with Crippen LogP contribution in [-0.4, -0.2) is 23.7 Å². The Kier molecular flexibility index (Phi) is 5.45. The Morgan fingerprint density at radius 1 is 1.41 bits per heavy atom. The Bertz CT molecular complexity index is 611. The van der Waals surface area contributed by atoms with Crippen LogP contribution >= 0.6 is 22.9 Å². The minimum Gasteiger partial charge on any atom is -0.481 e. The van der Waals surface area contributed by atoms with Crippen LogP contribution < -0.4 is 10.1 Å². The first kappa shape index (κ1) is 16.8. The highest BCUT2D eigenvalue weighted by Gasteiger charge is 2.25. The average Bonchev–Trinajstić information content (AvgIpc) is 3.02. The van der Waals surface area contributed by atoms with E-state index in [9.17, 15) is 9.90 Å². The van der Waals surface area contributed by atoms with E-state index in [1.165, 1.54) is 11.3 Å². The van der Waals surface area contributed by atoms with E-state index in [4.69, 9.17) is 16.3 Å². The van der Waals surface area contributed by atoms with Crippen molar-refractivity contribution in [1.82, 2.24) is 5.32 Å². The number of carbonyl (C=O) groups is 1. The van der Waals surface area contributed by atoms with Crippen LogP contribution in [0.1, 0.15) is 19.4 Å². The summed E-state index contributed by atoms with van der Waals surface area (Å²) in [5, 5.41) is 17.4. The van der Waals surface area contributed by atoms with E-state index in [0.717, 1.165) is 5.56 Å². The van der Waals surface area contributed by atoms with E-state index in [-0.39, 0.29) is 12.5 Å². The third-order valence-electron chi connectivity index (χ3n) is 3.25. The van der Waals surface area contributed by atoms with Crippen LogP contribution in [0.3, 0.4) is 0 Å². The molecule has 2 atom stereocenters. The van der Waals surface area contributed by atoms with Crippen molar-refractivity contribution in [1.29, 1.82) is 0 Å². The number of benzene rings is 1. The minimum atomic E-state index is -1.10. The number of halogens is 1. The first-order valence-corrected chi connectivity index (χ1v) is 8.15. The average molecular weight is 340 g/mol. The molecule has 0 spiro atoms. The molecule has 2 aromatic rings. The fraction of sp³-hybridized carbons (Fsp3) is 0.312. The lowest BCUT2D eigenvalue weighted by molar-refractivity contribution is -0.128. The molecule has 22 heavy (non-hydrogen) atoms. The molecule has 0 saturated heterocycles. The van der Waals surface area contributed by atoms with Gasteiger partial charge < -0.3 is 15.2 Å². The fourth-order valence-electron chi connectivity index (χ4n) is 1.85. The molecule has 2 N–H and O–H groups in total. The van der Waals surface area contributed by atoms with Gasteiger partial charge in [-0.1, -0.05) is 11.6 Å². The second-order valence-corrected chi connectivity index (χ2v) is 6.43. The van der Waals surface area contributed by atoms with Gasteiger partial charge in [0.15, 0.2) is 6.10 Å². The van der Waals surface area contributed by atoms with Crippen molar-refractivity contribution in [3.05, 3.63) is 51.7 Å². The molecule has 0 aliphatic carbocycles. The van der Waals surface area contributed by atoms with Gasteiger partial charge in [0.1, 0.15) is 11.4 Å². The van der Waals surface area contributed by atoms with Gasteiger partial charge in [0, 0.05) is 5.02 Å². The summed E-state index contributed by atoms with van der Waals surface area (Å²) in [7, 11) is 0. The molecule has 1 aromatic heterocycles. The van der Waals surface area contributed by atoms with Crippen LogP contribution in [0, 0.1) is 0 Å². The summed E-state index contributed by atoms with van der Waals surface area (Å²) < 4.78 is 5.54. The number of amides is 1. The molecular weight excluding hydrogens is 322 g/mol. The lowest BCUT2D eigenvalue weighted by Crippen LogP contribution is -2.43. The van der Waals surface area contributed by atoms with Crippen LogP contribution in [0.15, 0.2) is 41.1 Å². The highest BCUT2D eigenvalue weighted by atomic mass is 35.5. The normalized spacial score (nSPS) is 14.9. The van der Waals surface area contributed by atoms with E-state index in [1.54, 1.807) is 38.1 Å². The lowest BCUT2D eigenvalue weighted by Gasteiger charge is -2.24. The first-order chi connectivity index (χ1) is 10.4. The quantitative estimate of drug-likeness (QED) is 0.849. The van der Waals surface area contributed by atoms with Crippen LogP contribution in [0.4, 0.5) is 0 Å². The second kappa shape index (κ2) is 7.13. The number of rotatable bonds is 6. The Morgan fingerprint density at radius 3 is 2.68 bits per heavy atom. The highest BCUT2D eigenvalue weighted by molar-refractivity contribution is 7.08. The van der Waals surface area contributed by atoms with Crippen LogP contribution in [0.2, 0.25) is 5.02 Å². The van der Waals surface area contributed by atoms with Gasteiger partial charge in [-0.3, -0.25) is 4.79 Å². The van der Waals surface area contributed by atoms with Crippen molar-refractivity contribution >= 4 is 28.8 Å². The van der Waals surface area contributed by atoms with Crippen molar-refractivity contribution in [3.63, 3.8) is 0 Å². The summed E-state index contributed by atoms with van der Waals surface area (Å²) in [6.45, 7) is 3.44. The fourth-order valence-corrected chi connectivity index (χ4v) is 2.76. The zero-order valence-corrected chi connectivity index (χ0v) is 13.9. The van der Waals surface area contributed by atoms with Crippen molar-refractivity contribution in [2.24, 2.45) is 0 Å². The van der Waals surface area contributed by atoms with E-state index < -0.39 is 11.7 Å². The monoisotopic (exact) mass is 339 g/mol. The van der Waals surface area contributed by atoms with Crippen LogP contribution in [0.5, 0.6) is 5.75 Å². The maximum atomic E-state index is 12.1. The summed E-state index contributed by atoms with van der Waals surface area (Å²) in [5.74, 6) is 0.280. The van der Waals surface area contributed by atoms with Crippen molar-refractivity contribution < 1.29 is 14.6 Å². The molecule has 0 aliphatic heterocycles. The zero-order valence-electron chi connectivity index (χ0n) is 12.4. The van der Waals surface area contributed by atoms with Crippen molar-refractivity contribution in [2.75, 3.05) is 6.54 Å². The zero-order chi connectivity index (χ0) is 16.2. The minimum absolute atomic E-state index is 0.122. The number of hydrogen-bond acceptors (Lipinski definition) is 4. The Hall–Kier alpha value is -1.56. The molecule has 6 heteroatoms. The van der Waals surface area contributed by atoms with Crippen molar-refractivity contribution in [2.45, 2.75) is 25.6 Å². The summed E-state index contributed by atoms with van der Waals surface area (Å²) in [6, 6.07) is 8.64. The van der Waals surface area contributed by atoms with Gasteiger partial charge in [0.2, 0.25) is 0 Å². The summed E-state index contributed by atoms with van der Waals surface area (Å²) in [6.07, 6.45) is -0.667. The lowest BCUT2D eigenvalue weighted by atomic mass is 9.99. The highest BCUT2D eigenvalue weighted by Crippen LogP contribution is 2.22. The Labute approximate surface area is 138 Å². The maximum absolute atomic E-state index is 12.1. The number of thiophene rings is 1. The predicted molar refractivity (Wildman–Crippen MR) is 88.4 cm³/mol. The van der Waals surface area contributed by atoms with Gasteiger partial charge in [-0.15, -0.1) is 0 Å². The number of hydrogen-bond donors (Lipinski definition) is 2. The molecule has 2 unspecified atom stereocenters. The predicted octanol–water partition coefficient (Wildman–Crippen LogP) is 3.19. The van der Waals surface area contributed by atoms with Gasteiger partial charge in [-0.05, 0) is 60.5 Å². The van der Waals surface area contributed by atoms with Gasteiger partial charge in [-0.2, -0.15) is 11.3 Å². The number of carbonyl (C=O) groups excluding carboxylic acids is 1. The molecule has 0 bridgehead atoms. The standard InChI is InChI=1S/C16H18ClNO3S/c1-11(21-14-5-3-13(17)4-6-14)15(19)18-10-16(2,20)12-7-8-22-9-12/h3-9,11,20H,10H2,1-2H3,(H,18,19). The molecule has 1 amide bonds. The summed E-state index contributed by atoms with van der Waals surface area (Å²) in [4.78, 5) is 12.1. The Balaban J connectivity index is 1.87. The van der Waals surface area contributed by atoms with Gasteiger partial charge >= 0.3 is 0 Å². The largest absolute Gasteiger partial charge is 0.481 e. The van der Waals surface area contributed by atoms with Crippen LogP contribution in [-0.2, 0) is 10.4 Å². The molecule has 118 valence electrons. The molecule has 0 aliphatic rings. The van der Waals surface area contributed by atoms with E-state index in [2.05, 4.69) is 5.32 Å². The molecule has 4 nitrogen and oxygen atoms in total. The third-order valence-corrected chi connectivity index (χ3v) is 4.18. The van der Waals surface area contributed by atoms with E-state index in [1.807, 2.05) is 16.8 Å². The second-order valence-electron chi connectivity index (χ2n) is 5.22. The first-order valence-electron chi connectivity index (χ1n) is 6.83. The Morgan fingerprint density at radius 2 is 2.09 bits per heavy atom. The number of ether oxygens (including phenoxy) is 1. The van der Waals surface area contributed by atoms with Gasteiger partial charge in [-0.25, -0.2) is 0 Å². The van der Waals surface area contributed by atoms with Crippen LogP contribution in [0.25, 0.3) is 0 Å². The molecule has 0 radical (unpaired) electrons. The van der Waals surface area contributed by atoms with Gasteiger partial charge in [0.05, 0.1) is 6.54 Å². The topological polar surface area (TPSA) is 58.6 Å². The molecule has 2 rings (SSSR count). The molecule has 1 heterocycles. The van der Waals surface area contributed by atoms with Gasteiger partial charge in [0.25, 0.3) is 5.91 Å². The smallest absolute Gasteiger partial charge is 0.260 e. The van der Waals surface area contributed by atoms with E-state index in [0.29, 0.717) is 10.8 Å². The number of nitrogens with one attached hydrogen (secondary N) is 1. The molecular formula is C16H18ClNO3S. The maximum Gasteiger partial charge on any atom is 0.260 e.